The van der Waals surface area contributed by atoms with E-state index < -0.39 is 0 Å². The smallest absolute Gasteiger partial charge is 0.0110 e. The summed E-state index contributed by atoms with van der Waals surface area (Å²) >= 11 is 0. The van der Waals surface area contributed by atoms with E-state index in [0.717, 1.165) is 18.5 Å². The molecule has 0 aromatic carbocycles. The molecule has 1 N–H and O–H groups in total. The molecular formula is C16H33N3. The second-order valence-corrected chi connectivity index (χ2v) is 6.33. The van der Waals surface area contributed by atoms with Gasteiger partial charge in [-0.25, -0.2) is 0 Å². The summed E-state index contributed by atoms with van der Waals surface area (Å²) in [7, 11) is 0. The molecule has 112 valence electrons. The molecule has 1 saturated carbocycles. The fourth-order valence-electron chi connectivity index (χ4n) is 3.81. The Morgan fingerprint density at radius 1 is 0.947 bits per heavy atom. The van der Waals surface area contributed by atoms with Gasteiger partial charge in [-0.1, -0.05) is 20.3 Å². The summed E-state index contributed by atoms with van der Waals surface area (Å²) in [6, 6.07) is 0.811. The van der Waals surface area contributed by atoms with E-state index in [1.165, 1.54) is 71.4 Å². The average Bonchev–Trinajstić information content (AvgIpc) is 2.86. The molecule has 3 heteroatoms. The maximum absolute atomic E-state index is 3.68. The highest BCUT2D eigenvalue weighted by Gasteiger charge is 2.27. The zero-order valence-corrected chi connectivity index (χ0v) is 13.0. The third kappa shape index (κ3) is 4.73. The molecule has 1 heterocycles. The molecule has 2 unspecified atom stereocenters. The van der Waals surface area contributed by atoms with E-state index in [1.54, 1.807) is 0 Å². The van der Waals surface area contributed by atoms with Crippen LogP contribution in [0.5, 0.6) is 0 Å². The first-order valence-corrected chi connectivity index (χ1v) is 8.51. The predicted molar refractivity (Wildman–Crippen MR) is 82.6 cm³/mol. The maximum Gasteiger partial charge on any atom is 0.0110 e. The Balaban J connectivity index is 1.63. The number of nitrogens with one attached hydrogen (secondary N) is 1. The van der Waals surface area contributed by atoms with Gasteiger partial charge in [0.1, 0.15) is 0 Å². The van der Waals surface area contributed by atoms with Crippen LogP contribution in [-0.2, 0) is 0 Å². The van der Waals surface area contributed by atoms with E-state index in [9.17, 15) is 0 Å². The van der Waals surface area contributed by atoms with E-state index >= 15 is 0 Å². The van der Waals surface area contributed by atoms with E-state index in [1.807, 2.05) is 0 Å². The highest BCUT2D eigenvalue weighted by Crippen LogP contribution is 2.28. The quantitative estimate of drug-likeness (QED) is 0.763. The van der Waals surface area contributed by atoms with Gasteiger partial charge in [-0.05, 0) is 51.2 Å². The van der Waals surface area contributed by atoms with Gasteiger partial charge in [0.15, 0.2) is 0 Å². The van der Waals surface area contributed by atoms with Crippen molar-refractivity contribution in [3.8, 4) is 0 Å². The summed E-state index contributed by atoms with van der Waals surface area (Å²) in [5, 5.41) is 3.68. The van der Waals surface area contributed by atoms with Gasteiger partial charge in [-0.2, -0.15) is 0 Å². The molecule has 0 spiro atoms. The SMILES string of the molecule is CCCN1CCN(CCC2CCCC2NCC)CC1. The molecule has 0 bridgehead atoms. The number of nitrogens with zero attached hydrogens (tertiary/aromatic N) is 2. The van der Waals surface area contributed by atoms with E-state index in [0.29, 0.717) is 0 Å². The zero-order valence-electron chi connectivity index (χ0n) is 13.0. The van der Waals surface area contributed by atoms with Crippen molar-refractivity contribution in [1.82, 2.24) is 15.1 Å². The van der Waals surface area contributed by atoms with Crippen molar-refractivity contribution in [3.05, 3.63) is 0 Å². The van der Waals surface area contributed by atoms with Crippen molar-refractivity contribution in [3.63, 3.8) is 0 Å². The minimum atomic E-state index is 0.811. The minimum absolute atomic E-state index is 0.811. The van der Waals surface area contributed by atoms with Crippen LogP contribution in [0.4, 0.5) is 0 Å². The Morgan fingerprint density at radius 3 is 2.26 bits per heavy atom. The lowest BCUT2D eigenvalue weighted by Crippen LogP contribution is -2.47. The van der Waals surface area contributed by atoms with Crippen LogP contribution in [0.1, 0.15) is 46.0 Å². The number of hydrogen-bond donors (Lipinski definition) is 1. The molecule has 0 aromatic heterocycles. The monoisotopic (exact) mass is 267 g/mol. The molecule has 0 aromatic rings. The second-order valence-electron chi connectivity index (χ2n) is 6.33. The van der Waals surface area contributed by atoms with Gasteiger partial charge in [-0.3, -0.25) is 0 Å². The van der Waals surface area contributed by atoms with Crippen molar-refractivity contribution in [1.29, 1.82) is 0 Å². The first-order chi connectivity index (χ1) is 9.33. The molecule has 1 aliphatic heterocycles. The van der Waals surface area contributed by atoms with E-state index in [-0.39, 0.29) is 0 Å². The number of hydrogen-bond acceptors (Lipinski definition) is 3. The average molecular weight is 267 g/mol. The van der Waals surface area contributed by atoms with Crippen molar-refractivity contribution in [2.24, 2.45) is 5.92 Å². The molecule has 1 aliphatic carbocycles. The zero-order chi connectivity index (χ0) is 13.5. The van der Waals surface area contributed by atoms with Gasteiger partial charge in [-0.15, -0.1) is 0 Å². The lowest BCUT2D eigenvalue weighted by Gasteiger charge is -2.35. The van der Waals surface area contributed by atoms with Crippen molar-refractivity contribution < 1.29 is 0 Å². The van der Waals surface area contributed by atoms with Gasteiger partial charge in [0.05, 0.1) is 0 Å². The van der Waals surface area contributed by atoms with Crippen LogP contribution in [-0.4, -0.2) is 61.7 Å². The Bertz CT molecular complexity index is 236. The number of rotatable bonds is 7. The minimum Gasteiger partial charge on any atom is -0.314 e. The fraction of sp³-hybridized carbons (Fsp3) is 1.00. The standard InChI is InChI=1S/C16H33N3/c1-3-9-18-11-13-19(14-12-18)10-8-15-6-5-7-16(15)17-4-2/h15-17H,3-14H2,1-2H3. The third-order valence-electron chi connectivity index (χ3n) is 4.95. The van der Waals surface area contributed by atoms with E-state index in [2.05, 4.69) is 29.0 Å². The summed E-state index contributed by atoms with van der Waals surface area (Å²) in [5.41, 5.74) is 0. The molecule has 2 aliphatic rings. The first kappa shape index (κ1) is 15.3. The predicted octanol–water partition coefficient (Wildman–Crippen LogP) is 2.18. The van der Waals surface area contributed by atoms with Crippen LogP contribution in [0.15, 0.2) is 0 Å². The van der Waals surface area contributed by atoms with Crippen LogP contribution in [0.3, 0.4) is 0 Å². The molecule has 2 atom stereocenters. The lowest BCUT2D eigenvalue weighted by atomic mass is 9.99. The van der Waals surface area contributed by atoms with Crippen molar-refractivity contribution in [2.45, 2.75) is 52.0 Å². The lowest BCUT2D eigenvalue weighted by molar-refractivity contribution is 0.125. The first-order valence-electron chi connectivity index (χ1n) is 8.51. The van der Waals surface area contributed by atoms with Gasteiger partial charge < -0.3 is 15.1 Å². The van der Waals surface area contributed by atoms with Crippen LogP contribution in [0.2, 0.25) is 0 Å². The molecule has 2 rings (SSSR count). The Morgan fingerprint density at radius 2 is 1.63 bits per heavy atom. The topological polar surface area (TPSA) is 18.5 Å². The third-order valence-corrected chi connectivity index (χ3v) is 4.95. The molecular weight excluding hydrogens is 234 g/mol. The van der Waals surface area contributed by atoms with Gasteiger partial charge in [0.2, 0.25) is 0 Å². The summed E-state index contributed by atoms with van der Waals surface area (Å²) in [6.07, 6.45) is 7.00. The summed E-state index contributed by atoms with van der Waals surface area (Å²) in [5.74, 6) is 0.939. The highest BCUT2D eigenvalue weighted by atomic mass is 15.3. The van der Waals surface area contributed by atoms with Crippen LogP contribution in [0, 0.1) is 5.92 Å². The Hall–Kier alpha value is -0.120. The van der Waals surface area contributed by atoms with Crippen LogP contribution in [0.25, 0.3) is 0 Å². The van der Waals surface area contributed by atoms with Gasteiger partial charge in [0, 0.05) is 32.2 Å². The van der Waals surface area contributed by atoms with Crippen LogP contribution >= 0.6 is 0 Å². The van der Waals surface area contributed by atoms with E-state index in [4.69, 9.17) is 0 Å². The Labute approximate surface area is 119 Å². The molecule has 0 amide bonds. The molecule has 19 heavy (non-hydrogen) atoms. The number of piperazine rings is 1. The Kier molecular flexibility index (Phi) is 6.62. The molecule has 0 radical (unpaired) electrons. The summed E-state index contributed by atoms with van der Waals surface area (Å²) in [6.45, 7) is 13.4. The largest absolute Gasteiger partial charge is 0.314 e. The van der Waals surface area contributed by atoms with Crippen molar-refractivity contribution in [2.75, 3.05) is 45.8 Å². The molecule has 1 saturated heterocycles. The van der Waals surface area contributed by atoms with Gasteiger partial charge in [0.25, 0.3) is 0 Å². The normalized spacial score (nSPS) is 30.0. The maximum atomic E-state index is 3.68. The fourth-order valence-corrected chi connectivity index (χ4v) is 3.81. The van der Waals surface area contributed by atoms with Gasteiger partial charge >= 0.3 is 0 Å². The molecule has 2 fully saturated rings. The van der Waals surface area contributed by atoms with Crippen molar-refractivity contribution >= 4 is 0 Å². The van der Waals surface area contributed by atoms with Crippen LogP contribution < -0.4 is 5.32 Å². The second kappa shape index (κ2) is 8.23. The summed E-state index contributed by atoms with van der Waals surface area (Å²) < 4.78 is 0. The highest BCUT2D eigenvalue weighted by molar-refractivity contribution is 4.84. The molecule has 3 nitrogen and oxygen atoms in total. The summed E-state index contributed by atoms with van der Waals surface area (Å²) in [4.78, 5) is 5.31.